The van der Waals surface area contributed by atoms with E-state index in [2.05, 4.69) is 41.1 Å². The fraction of sp³-hybridized carbons (Fsp3) is 0.520. The lowest BCUT2D eigenvalue weighted by atomic mass is 9.86. The molecule has 1 fully saturated rings. The zero-order valence-electron chi connectivity index (χ0n) is 19.5. The summed E-state index contributed by atoms with van der Waals surface area (Å²) in [5.41, 5.74) is 1.98. The largest absolute Gasteiger partial charge is 0.487 e. The number of aliphatic imine (C=N–C) groups is 1. The highest BCUT2D eigenvalue weighted by Gasteiger charge is 2.43. The number of carbonyl (C=O) groups excluding carboxylic acids is 1. The highest BCUT2D eigenvalue weighted by molar-refractivity contribution is 14.0. The van der Waals surface area contributed by atoms with E-state index in [9.17, 15) is 4.79 Å². The summed E-state index contributed by atoms with van der Waals surface area (Å²) in [4.78, 5) is 16.9. The molecule has 2 aromatic rings. The number of nitrogens with one attached hydrogen (secondary N) is 3. The van der Waals surface area contributed by atoms with E-state index < -0.39 is 0 Å². The molecule has 1 aliphatic heterocycles. The lowest BCUT2D eigenvalue weighted by Crippen LogP contribution is -2.46. The van der Waals surface area contributed by atoms with Crippen LogP contribution in [0, 0.1) is 6.92 Å². The first kappa shape index (κ1) is 25.4. The van der Waals surface area contributed by atoms with Gasteiger partial charge in [-0.25, -0.2) is 0 Å². The van der Waals surface area contributed by atoms with Gasteiger partial charge in [0, 0.05) is 37.2 Å². The fourth-order valence-electron chi connectivity index (χ4n) is 4.72. The van der Waals surface area contributed by atoms with Crippen molar-refractivity contribution in [3.63, 3.8) is 0 Å². The number of hydrogen-bond acceptors (Lipinski definition) is 4. The molecule has 3 N–H and O–H groups in total. The van der Waals surface area contributed by atoms with E-state index in [1.165, 1.54) is 24.7 Å². The van der Waals surface area contributed by atoms with Gasteiger partial charge in [-0.2, -0.15) is 0 Å². The van der Waals surface area contributed by atoms with Crippen molar-refractivity contribution in [2.45, 2.75) is 64.0 Å². The van der Waals surface area contributed by atoms with Crippen LogP contribution in [0.15, 0.2) is 46.0 Å². The molecule has 2 heterocycles. The lowest BCUT2D eigenvalue weighted by molar-refractivity contribution is 0.0396. The number of halogens is 1. The average molecular weight is 566 g/mol. The predicted octanol–water partition coefficient (Wildman–Crippen LogP) is 4.72. The zero-order valence-corrected chi connectivity index (χ0v) is 21.8. The van der Waals surface area contributed by atoms with Crippen molar-refractivity contribution in [1.82, 2.24) is 16.0 Å². The summed E-state index contributed by atoms with van der Waals surface area (Å²) in [6.45, 7) is 5.88. The maximum Gasteiger partial charge on any atom is 0.287 e. The van der Waals surface area contributed by atoms with Gasteiger partial charge in [0.15, 0.2) is 11.7 Å². The number of aryl methyl sites for hydroxylation is 1. The highest BCUT2D eigenvalue weighted by atomic mass is 127. The summed E-state index contributed by atoms with van der Waals surface area (Å²) in [5, 5.41) is 9.91. The molecule has 7 nitrogen and oxygen atoms in total. The van der Waals surface area contributed by atoms with E-state index in [1.54, 1.807) is 6.07 Å². The molecule has 1 aromatic heterocycles. The topological polar surface area (TPSA) is 87.9 Å². The second-order valence-electron chi connectivity index (χ2n) is 8.73. The van der Waals surface area contributed by atoms with E-state index in [0.717, 1.165) is 49.5 Å². The monoisotopic (exact) mass is 566 g/mol. The molecule has 0 saturated heterocycles. The number of nitrogens with zero attached hydrogens (tertiary/aromatic N) is 1. The van der Waals surface area contributed by atoms with Crippen molar-refractivity contribution in [3.8, 4) is 5.75 Å². The van der Waals surface area contributed by atoms with Crippen molar-refractivity contribution in [2.75, 3.05) is 19.6 Å². The molecule has 33 heavy (non-hydrogen) atoms. The highest BCUT2D eigenvalue weighted by Crippen LogP contribution is 2.46. The summed E-state index contributed by atoms with van der Waals surface area (Å²) >= 11 is 0. The van der Waals surface area contributed by atoms with Crippen LogP contribution in [0.4, 0.5) is 0 Å². The maximum absolute atomic E-state index is 12.2. The van der Waals surface area contributed by atoms with Crippen LogP contribution in [0.3, 0.4) is 0 Å². The number of amides is 1. The number of guanidine groups is 1. The smallest absolute Gasteiger partial charge is 0.287 e. The molecule has 0 bridgehead atoms. The van der Waals surface area contributed by atoms with Gasteiger partial charge in [-0.15, -0.1) is 24.0 Å². The van der Waals surface area contributed by atoms with Gasteiger partial charge in [-0.1, -0.05) is 18.2 Å². The van der Waals surface area contributed by atoms with Crippen LogP contribution in [0.1, 0.15) is 73.2 Å². The number of rotatable bonds is 7. The second kappa shape index (κ2) is 11.8. The van der Waals surface area contributed by atoms with Crippen molar-refractivity contribution < 1.29 is 13.9 Å². The van der Waals surface area contributed by atoms with Crippen LogP contribution >= 0.6 is 24.0 Å². The molecule has 8 heteroatoms. The molecule has 2 aliphatic rings. The van der Waals surface area contributed by atoms with E-state index in [-0.39, 0.29) is 41.5 Å². The molecule has 1 unspecified atom stereocenters. The molecule has 180 valence electrons. The van der Waals surface area contributed by atoms with Crippen LogP contribution in [0.25, 0.3) is 0 Å². The minimum Gasteiger partial charge on any atom is -0.487 e. The number of furan rings is 1. The SMILES string of the molecule is CCNC(=NCCCNC(=O)c1occc1C)NC1CC2(CCCC2)Oc2ccccc21.I. The van der Waals surface area contributed by atoms with Gasteiger partial charge in [0.25, 0.3) is 5.91 Å². The van der Waals surface area contributed by atoms with Crippen LogP contribution in [0.5, 0.6) is 5.75 Å². The summed E-state index contributed by atoms with van der Waals surface area (Å²) in [7, 11) is 0. The minimum atomic E-state index is -0.179. The first-order chi connectivity index (χ1) is 15.6. The van der Waals surface area contributed by atoms with Gasteiger partial charge in [-0.3, -0.25) is 9.79 Å². The number of para-hydroxylation sites is 1. The fourth-order valence-corrected chi connectivity index (χ4v) is 4.72. The number of benzene rings is 1. The van der Waals surface area contributed by atoms with Crippen molar-refractivity contribution >= 4 is 35.8 Å². The Balaban J connectivity index is 0.00000306. The van der Waals surface area contributed by atoms with Crippen LogP contribution in [-0.4, -0.2) is 37.1 Å². The van der Waals surface area contributed by atoms with Gasteiger partial charge in [0.05, 0.1) is 12.3 Å². The standard InChI is InChI=1S/C25H34N4O3.HI/c1-3-26-24(28-15-8-14-27-23(30)22-18(2)11-16-31-22)29-20-17-25(12-6-7-13-25)32-21-10-5-4-9-19(20)21;/h4-5,9-11,16,20H,3,6-8,12-15,17H2,1-2H3,(H,27,30)(H2,26,28,29);1H. The summed E-state index contributed by atoms with van der Waals surface area (Å²) in [6.07, 6.45) is 7.92. The van der Waals surface area contributed by atoms with E-state index in [0.29, 0.717) is 18.8 Å². The Hall–Kier alpha value is -2.23. The average Bonchev–Trinajstić information content (AvgIpc) is 3.42. The molecule has 1 spiro atoms. The third kappa shape index (κ3) is 6.22. The number of hydrogen-bond donors (Lipinski definition) is 3. The Morgan fingerprint density at radius 2 is 1.97 bits per heavy atom. The van der Waals surface area contributed by atoms with Crippen LogP contribution < -0.4 is 20.7 Å². The van der Waals surface area contributed by atoms with Gasteiger partial charge in [0.2, 0.25) is 0 Å². The number of ether oxygens (including phenoxy) is 1. The van der Waals surface area contributed by atoms with Crippen molar-refractivity contribution in [1.29, 1.82) is 0 Å². The lowest BCUT2D eigenvalue weighted by Gasteiger charge is -2.40. The molecular weight excluding hydrogens is 531 g/mol. The molecule has 1 atom stereocenters. The quantitative estimate of drug-likeness (QED) is 0.196. The third-order valence-electron chi connectivity index (χ3n) is 6.33. The molecule has 1 saturated carbocycles. The van der Waals surface area contributed by atoms with Crippen molar-refractivity contribution in [3.05, 3.63) is 53.5 Å². The number of carbonyl (C=O) groups is 1. The maximum atomic E-state index is 12.2. The second-order valence-corrected chi connectivity index (χ2v) is 8.73. The zero-order chi connectivity index (χ0) is 22.4. The van der Waals surface area contributed by atoms with Gasteiger partial charge < -0.3 is 25.1 Å². The van der Waals surface area contributed by atoms with Crippen LogP contribution in [-0.2, 0) is 0 Å². The Morgan fingerprint density at radius 3 is 2.70 bits per heavy atom. The van der Waals surface area contributed by atoms with Gasteiger partial charge in [-0.05, 0) is 58.1 Å². The Morgan fingerprint density at radius 1 is 1.18 bits per heavy atom. The molecule has 4 rings (SSSR count). The van der Waals surface area contributed by atoms with Gasteiger partial charge in [0.1, 0.15) is 11.4 Å². The normalized spacial score (nSPS) is 18.7. The van der Waals surface area contributed by atoms with Crippen LogP contribution in [0.2, 0.25) is 0 Å². The molecule has 0 radical (unpaired) electrons. The molecular formula is C25H35IN4O3. The Bertz CT molecular complexity index is 953. The number of fused-ring (bicyclic) bond motifs is 1. The van der Waals surface area contributed by atoms with Gasteiger partial charge >= 0.3 is 0 Å². The van der Waals surface area contributed by atoms with E-state index in [1.807, 2.05) is 13.0 Å². The molecule has 1 aliphatic carbocycles. The summed E-state index contributed by atoms with van der Waals surface area (Å²) in [6, 6.07) is 10.3. The van der Waals surface area contributed by atoms with E-state index in [4.69, 9.17) is 14.1 Å². The first-order valence-corrected chi connectivity index (χ1v) is 11.8. The van der Waals surface area contributed by atoms with E-state index >= 15 is 0 Å². The molecule has 1 aromatic carbocycles. The molecule has 1 amide bonds. The summed E-state index contributed by atoms with van der Waals surface area (Å²) in [5.74, 6) is 1.99. The summed E-state index contributed by atoms with van der Waals surface area (Å²) < 4.78 is 11.7. The first-order valence-electron chi connectivity index (χ1n) is 11.8. The minimum absolute atomic E-state index is 0. The Kier molecular flexibility index (Phi) is 9.05. The van der Waals surface area contributed by atoms with Crippen molar-refractivity contribution in [2.24, 2.45) is 4.99 Å². The third-order valence-corrected chi connectivity index (χ3v) is 6.33. The predicted molar refractivity (Wildman–Crippen MR) is 141 cm³/mol. The Labute approximate surface area is 213 Å².